The van der Waals surface area contributed by atoms with E-state index in [1.165, 1.54) is 41.0 Å². The number of carbonyl (C=O) groups excluding carboxylic acids is 1. The summed E-state index contributed by atoms with van der Waals surface area (Å²) in [4.78, 5) is 25.4. The first-order valence-electron chi connectivity index (χ1n) is 7.77. The highest BCUT2D eigenvalue weighted by Gasteiger charge is 2.22. The average Bonchev–Trinajstić information content (AvgIpc) is 2.74. The number of carboxylic acid groups (broad SMARTS) is 1. The highest BCUT2D eigenvalue weighted by Crippen LogP contribution is 2.29. The highest BCUT2D eigenvalue weighted by atomic mass is 32.1. The van der Waals surface area contributed by atoms with Crippen LogP contribution in [0.5, 0.6) is 0 Å². The van der Waals surface area contributed by atoms with Gasteiger partial charge in [0.1, 0.15) is 6.04 Å². The second-order valence-corrected chi connectivity index (χ2v) is 6.76. The third-order valence-corrected chi connectivity index (χ3v) is 5.16. The first-order chi connectivity index (χ1) is 10.1. The number of aryl methyl sites for hydroxylation is 2. The molecular formula is C16H23NO3S. The van der Waals surface area contributed by atoms with Gasteiger partial charge < -0.3 is 10.4 Å². The molecule has 0 bridgehead atoms. The Bertz CT molecular complexity index is 486. The van der Waals surface area contributed by atoms with Crippen LogP contribution in [0.2, 0.25) is 0 Å². The monoisotopic (exact) mass is 309 g/mol. The number of hydrogen-bond acceptors (Lipinski definition) is 3. The van der Waals surface area contributed by atoms with Crippen molar-refractivity contribution in [2.24, 2.45) is 0 Å². The van der Waals surface area contributed by atoms with Gasteiger partial charge >= 0.3 is 5.97 Å². The van der Waals surface area contributed by atoms with Crippen LogP contribution >= 0.6 is 11.3 Å². The lowest BCUT2D eigenvalue weighted by molar-refractivity contribution is -0.139. The number of nitrogens with one attached hydrogen (secondary N) is 1. The number of carboxylic acids is 1. The number of amides is 1. The van der Waals surface area contributed by atoms with Crippen LogP contribution < -0.4 is 5.32 Å². The number of hydrogen-bond donors (Lipinski definition) is 2. The molecule has 1 aromatic heterocycles. The molecule has 0 aromatic carbocycles. The van der Waals surface area contributed by atoms with E-state index in [1.54, 1.807) is 0 Å². The molecule has 1 aromatic rings. The number of carbonyl (C=O) groups is 2. The normalized spacial score (nSPS) is 15.9. The zero-order valence-corrected chi connectivity index (χ0v) is 13.3. The van der Waals surface area contributed by atoms with Gasteiger partial charge in [0.25, 0.3) is 5.91 Å². The van der Waals surface area contributed by atoms with Gasteiger partial charge in [-0.1, -0.05) is 26.2 Å². The molecule has 1 atom stereocenters. The molecule has 0 radical (unpaired) electrons. The Morgan fingerprint density at radius 1 is 1.33 bits per heavy atom. The van der Waals surface area contributed by atoms with E-state index in [4.69, 9.17) is 0 Å². The average molecular weight is 309 g/mol. The standard InChI is InChI=1S/C16H23NO3S/c1-2-3-8-12(16(19)20)17-15(18)14-10-11-7-5-4-6-9-13(11)21-14/h10,12H,2-9H2,1H3,(H,17,18)(H,19,20)/t12-/m0/s1. The van der Waals surface area contributed by atoms with Gasteiger partial charge in [0.05, 0.1) is 4.88 Å². The van der Waals surface area contributed by atoms with Gasteiger partial charge in [0, 0.05) is 4.88 Å². The summed E-state index contributed by atoms with van der Waals surface area (Å²) in [5.41, 5.74) is 1.28. The van der Waals surface area contributed by atoms with Crippen molar-refractivity contribution in [3.05, 3.63) is 21.4 Å². The quantitative estimate of drug-likeness (QED) is 0.792. The molecule has 116 valence electrons. The summed E-state index contributed by atoms with van der Waals surface area (Å²) < 4.78 is 0. The Morgan fingerprint density at radius 2 is 2.10 bits per heavy atom. The molecule has 0 saturated carbocycles. The fourth-order valence-corrected chi connectivity index (χ4v) is 3.83. The molecule has 1 aliphatic carbocycles. The molecular weight excluding hydrogens is 286 g/mol. The number of rotatable bonds is 6. The molecule has 21 heavy (non-hydrogen) atoms. The molecule has 0 aliphatic heterocycles. The maximum atomic E-state index is 12.3. The summed E-state index contributed by atoms with van der Waals surface area (Å²) in [6.45, 7) is 2.01. The van der Waals surface area contributed by atoms with E-state index in [1.807, 2.05) is 13.0 Å². The van der Waals surface area contributed by atoms with Crippen LogP contribution in [-0.4, -0.2) is 23.0 Å². The maximum absolute atomic E-state index is 12.3. The van der Waals surface area contributed by atoms with E-state index in [2.05, 4.69) is 5.32 Å². The summed E-state index contributed by atoms with van der Waals surface area (Å²) in [6, 6.07) is 1.18. The summed E-state index contributed by atoms with van der Waals surface area (Å²) in [5.74, 6) is -1.19. The van der Waals surface area contributed by atoms with Gasteiger partial charge in [0.2, 0.25) is 0 Å². The number of thiophene rings is 1. The van der Waals surface area contributed by atoms with Crippen LogP contribution in [0.15, 0.2) is 6.07 Å². The summed E-state index contributed by atoms with van der Waals surface area (Å²) in [5, 5.41) is 11.8. The molecule has 2 rings (SSSR count). The molecule has 0 unspecified atom stereocenters. The topological polar surface area (TPSA) is 66.4 Å². The number of fused-ring (bicyclic) bond motifs is 1. The van der Waals surface area contributed by atoms with E-state index in [0.29, 0.717) is 11.3 Å². The molecule has 1 heterocycles. The van der Waals surface area contributed by atoms with Crippen LogP contribution in [0.25, 0.3) is 0 Å². The molecule has 1 aliphatic rings. The van der Waals surface area contributed by atoms with Crippen LogP contribution in [0.1, 0.15) is 65.6 Å². The third kappa shape index (κ3) is 4.30. The molecule has 2 N–H and O–H groups in total. The number of aliphatic carboxylic acids is 1. The van der Waals surface area contributed by atoms with E-state index in [9.17, 15) is 14.7 Å². The minimum atomic E-state index is -0.949. The lowest BCUT2D eigenvalue weighted by atomic mass is 10.1. The van der Waals surface area contributed by atoms with Crippen molar-refractivity contribution in [1.29, 1.82) is 0 Å². The fraction of sp³-hybridized carbons (Fsp3) is 0.625. The molecule has 0 fully saturated rings. The maximum Gasteiger partial charge on any atom is 0.326 e. The summed E-state index contributed by atoms with van der Waals surface area (Å²) in [7, 11) is 0. The Labute approximate surface area is 129 Å². The smallest absolute Gasteiger partial charge is 0.326 e. The molecule has 0 saturated heterocycles. The van der Waals surface area contributed by atoms with Crippen molar-refractivity contribution in [3.8, 4) is 0 Å². The van der Waals surface area contributed by atoms with Gasteiger partial charge in [0.15, 0.2) is 0 Å². The predicted molar refractivity (Wildman–Crippen MR) is 84.0 cm³/mol. The first kappa shape index (κ1) is 16.0. The Morgan fingerprint density at radius 3 is 2.81 bits per heavy atom. The molecule has 4 nitrogen and oxygen atoms in total. The fourth-order valence-electron chi connectivity index (χ4n) is 2.67. The summed E-state index contributed by atoms with van der Waals surface area (Å²) in [6.07, 6.45) is 7.92. The van der Waals surface area contributed by atoms with Gasteiger partial charge in [-0.3, -0.25) is 4.79 Å². The Hall–Kier alpha value is -1.36. The molecule has 1 amide bonds. The summed E-state index contributed by atoms with van der Waals surface area (Å²) >= 11 is 1.53. The minimum Gasteiger partial charge on any atom is -0.480 e. The zero-order valence-electron chi connectivity index (χ0n) is 12.5. The van der Waals surface area contributed by atoms with Crippen molar-refractivity contribution in [2.45, 2.75) is 64.3 Å². The van der Waals surface area contributed by atoms with Crippen molar-refractivity contribution < 1.29 is 14.7 Å². The van der Waals surface area contributed by atoms with Gasteiger partial charge in [-0.2, -0.15) is 0 Å². The van der Waals surface area contributed by atoms with Crippen LogP contribution in [0, 0.1) is 0 Å². The predicted octanol–water partition coefficient (Wildman–Crippen LogP) is 3.39. The van der Waals surface area contributed by atoms with Crippen molar-refractivity contribution in [3.63, 3.8) is 0 Å². The van der Waals surface area contributed by atoms with Gasteiger partial charge in [-0.25, -0.2) is 4.79 Å². The van der Waals surface area contributed by atoms with Crippen LogP contribution in [0.4, 0.5) is 0 Å². The SMILES string of the molecule is CCCC[C@H](NC(=O)c1cc2c(s1)CCCCC2)C(=O)O. The van der Waals surface area contributed by atoms with Crippen LogP contribution in [0.3, 0.4) is 0 Å². The van der Waals surface area contributed by atoms with Crippen molar-refractivity contribution in [2.75, 3.05) is 0 Å². The second-order valence-electron chi connectivity index (χ2n) is 5.63. The van der Waals surface area contributed by atoms with Gasteiger partial charge in [-0.05, 0) is 43.7 Å². The highest BCUT2D eigenvalue weighted by molar-refractivity contribution is 7.14. The minimum absolute atomic E-state index is 0.239. The zero-order chi connectivity index (χ0) is 15.2. The third-order valence-electron chi connectivity index (χ3n) is 3.92. The Balaban J connectivity index is 2.03. The van der Waals surface area contributed by atoms with Crippen LogP contribution in [-0.2, 0) is 17.6 Å². The van der Waals surface area contributed by atoms with Crippen molar-refractivity contribution in [1.82, 2.24) is 5.32 Å². The van der Waals surface area contributed by atoms with E-state index >= 15 is 0 Å². The largest absolute Gasteiger partial charge is 0.480 e. The van der Waals surface area contributed by atoms with Crippen molar-refractivity contribution >= 4 is 23.2 Å². The lowest BCUT2D eigenvalue weighted by Gasteiger charge is -2.13. The first-order valence-corrected chi connectivity index (χ1v) is 8.58. The Kier molecular flexibility index (Phi) is 5.79. The molecule has 5 heteroatoms. The number of unbranched alkanes of at least 4 members (excludes halogenated alkanes) is 1. The van der Waals surface area contributed by atoms with E-state index in [0.717, 1.165) is 25.7 Å². The second kappa shape index (κ2) is 7.59. The van der Waals surface area contributed by atoms with E-state index < -0.39 is 12.0 Å². The lowest BCUT2D eigenvalue weighted by Crippen LogP contribution is -2.40. The molecule has 0 spiro atoms. The van der Waals surface area contributed by atoms with E-state index in [-0.39, 0.29) is 5.91 Å². The van der Waals surface area contributed by atoms with Gasteiger partial charge in [-0.15, -0.1) is 11.3 Å².